The van der Waals surface area contributed by atoms with Crippen LogP contribution in [0, 0.1) is 11.8 Å². The van der Waals surface area contributed by atoms with Crippen molar-refractivity contribution in [3.8, 4) is 0 Å². The summed E-state index contributed by atoms with van der Waals surface area (Å²) in [6.45, 7) is 11.0. The normalized spacial score (nSPS) is 19.9. The molecular formula is C20H37N3O4. The van der Waals surface area contributed by atoms with Gasteiger partial charge in [-0.05, 0) is 51.9 Å². The maximum atomic E-state index is 11.9. The van der Waals surface area contributed by atoms with Crippen LogP contribution in [0.1, 0.15) is 46.0 Å². The van der Waals surface area contributed by atoms with Crippen LogP contribution in [0.5, 0.6) is 0 Å². The van der Waals surface area contributed by atoms with Crippen molar-refractivity contribution < 1.29 is 19.0 Å². The van der Waals surface area contributed by atoms with Gasteiger partial charge < -0.3 is 24.4 Å². The Kier molecular flexibility index (Phi) is 10.5. The van der Waals surface area contributed by atoms with Crippen LogP contribution in [-0.4, -0.2) is 76.0 Å². The molecule has 27 heavy (non-hydrogen) atoms. The number of guanidine groups is 1. The molecule has 7 heteroatoms. The fraction of sp³-hybridized carbons (Fsp3) is 0.900. The predicted molar refractivity (Wildman–Crippen MR) is 106 cm³/mol. The van der Waals surface area contributed by atoms with E-state index >= 15 is 0 Å². The summed E-state index contributed by atoms with van der Waals surface area (Å²) in [5.41, 5.74) is 0. The van der Waals surface area contributed by atoms with E-state index in [0.29, 0.717) is 12.5 Å². The summed E-state index contributed by atoms with van der Waals surface area (Å²) in [5.74, 6) is 1.58. The van der Waals surface area contributed by atoms with Crippen LogP contribution in [0.4, 0.5) is 0 Å². The molecule has 2 heterocycles. The highest BCUT2D eigenvalue weighted by molar-refractivity contribution is 5.80. The van der Waals surface area contributed by atoms with Gasteiger partial charge in [0.15, 0.2) is 5.96 Å². The van der Waals surface area contributed by atoms with E-state index in [1.165, 1.54) is 0 Å². The molecule has 156 valence electrons. The monoisotopic (exact) mass is 383 g/mol. The quantitative estimate of drug-likeness (QED) is 0.284. The van der Waals surface area contributed by atoms with E-state index in [0.717, 1.165) is 90.7 Å². The highest BCUT2D eigenvalue weighted by Gasteiger charge is 2.27. The first kappa shape index (κ1) is 22.0. The molecule has 0 bridgehead atoms. The van der Waals surface area contributed by atoms with E-state index in [-0.39, 0.29) is 11.9 Å². The molecule has 2 rings (SSSR count). The van der Waals surface area contributed by atoms with Crippen LogP contribution in [0.25, 0.3) is 0 Å². The molecule has 0 amide bonds. The summed E-state index contributed by atoms with van der Waals surface area (Å²) in [4.78, 5) is 18.9. The number of nitrogens with one attached hydrogen (secondary N) is 1. The van der Waals surface area contributed by atoms with E-state index < -0.39 is 0 Å². The maximum absolute atomic E-state index is 11.9. The Morgan fingerprint density at radius 1 is 1.19 bits per heavy atom. The molecule has 1 N–H and O–H groups in total. The fourth-order valence-corrected chi connectivity index (χ4v) is 3.53. The van der Waals surface area contributed by atoms with Crippen molar-refractivity contribution in [3.05, 3.63) is 0 Å². The second-order valence-corrected chi connectivity index (χ2v) is 7.23. The highest BCUT2D eigenvalue weighted by atomic mass is 16.5. The van der Waals surface area contributed by atoms with Gasteiger partial charge in [0, 0.05) is 52.6 Å². The largest absolute Gasteiger partial charge is 0.466 e. The first-order valence-electron chi connectivity index (χ1n) is 10.6. The lowest BCUT2D eigenvalue weighted by Crippen LogP contribution is -2.46. The molecule has 2 aliphatic heterocycles. The smallest absolute Gasteiger partial charge is 0.309 e. The van der Waals surface area contributed by atoms with Crippen LogP contribution < -0.4 is 5.32 Å². The van der Waals surface area contributed by atoms with Crippen molar-refractivity contribution in [2.24, 2.45) is 16.8 Å². The zero-order chi connectivity index (χ0) is 19.3. The third kappa shape index (κ3) is 8.05. The number of rotatable bonds is 9. The van der Waals surface area contributed by atoms with Crippen LogP contribution in [0.2, 0.25) is 0 Å². The van der Waals surface area contributed by atoms with Gasteiger partial charge in [-0.3, -0.25) is 9.79 Å². The number of hydrogen-bond donors (Lipinski definition) is 1. The summed E-state index contributed by atoms with van der Waals surface area (Å²) in [6, 6.07) is 0. The summed E-state index contributed by atoms with van der Waals surface area (Å²) >= 11 is 0. The Balaban J connectivity index is 1.65. The Morgan fingerprint density at radius 3 is 2.59 bits per heavy atom. The lowest BCUT2D eigenvalue weighted by molar-refractivity contribution is -0.149. The summed E-state index contributed by atoms with van der Waals surface area (Å²) < 4.78 is 16.3. The third-order valence-electron chi connectivity index (χ3n) is 5.15. The van der Waals surface area contributed by atoms with Gasteiger partial charge in [0.1, 0.15) is 0 Å². The molecule has 0 aliphatic carbocycles. The zero-order valence-electron chi connectivity index (χ0n) is 17.1. The number of hydrogen-bond acceptors (Lipinski definition) is 5. The molecule has 0 atom stereocenters. The van der Waals surface area contributed by atoms with Crippen LogP contribution in [0.3, 0.4) is 0 Å². The van der Waals surface area contributed by atoms with Crippen LogP contribution in [0.15, 0.2) is 4.99 Å². The Labute approximate surface area is 163 Å². The number of esters is 1. The van der Waals surface area contributed by atoms with Crippen LogP contribution >= 0.6 is 0 Å². The number of nitrogens with zero attached hydrogens (tertiary/aromatic N) is 2. The first-order valence-corrected chi connectivity index (χ1v) is 10.6. The summed E-state index contributed by atoms with van der Waals surface area (Å²) in [6.07, 6.45) is 4.82. The molecule has 0 aromatic heterocycles. The van der Waals surface area contributed by atoms with Crippen molar-refractivity contribution >= 4 is 11.9 Å². The molecule has 0 aromatic carbocycles. The summed E-state index contributed by atoms with van der Waals surface area (Å²) in [7, 11) is 0. The second kappa shape index (κ2) is 12.9. The number of piperidine rings is 1. The standard InChI is InChI=1S/C20H37N3O4/c1-3-21-20(23-11-6-18(7-12-23)19(24)27-4-2)22-10-5-13-26-16-17-8-14-25-15-9-17/h17-18H,3-16H2,1-2H3,(H,21,22). The van der Waals surface area contributed by atoms with Gasteiger partial charge in [-0.2, -0.15) is 0 Å². The average molecular weight is 384 g/mol. The number of likely N-dealkylation sites (tertiary alicyclic amines) is 1. The van der Waals surface area contributed by atoms with Crippen molar-refractivity contribution in [1.82, 2.24) is 10.2 Å². The fourth-order valence-electron chi connectivity index (χ4n) is 3.53. The lowest BCUT2D eigenvalue weighted by atomic mass is 9.97. The van der Waals surface area contributed by atoms with Crippen molar-refractivity contribution in [2.75, 3.05) is 59.2 Å². The van der Waals surface area contributed by atoms with Crippen molar-refractivity contribution in [3.63, 3.8) is 0 Å². The maximum Gasteiger partial charge on any atom is 0.309 e. The minimum absolute atomic E-state index is 0.0302. The van der Waals surface area contributed by atoms with Crippen LogP contribution in [-0.2, 0) is 19.0 Å². The second-order valence-electron chi connectivity index (χ2n) is 7.23. The average Bonchev–Trinajstić information content (AvgIpc) is 2.71. The molecule has 0 unspecified atom stereocenters. The third-order valence-corrected chi connectivity index (χ3v) is 5.15. The zero-order valence-corrected chi connectivity index (χ0v) is 17.1. The molecular weight excluding hydrogens is 346 g/mol. The molecule has 2 saturated heterocycles. The van der Waals surface area contributed by atoms with Gasteiger partial charge in [0.2, 0.25) is 0 Å². The number of aliphatic imine (C=N–C) groups is 1. The Hall–Kier alpha value is -1.34. The van der Waals surface area contributed by atoms with Gasteiger partial charge in [0.25, 0.3) is 0 Å². The highest BCUT2D eigenvalue weighted by Crippen LogP contribution is 2.19. The molecule has 0 radical (unpaired) electrons. The number of carbonyl (C=O) groups excluding carboxylic acids is 1. The van der Waals surface area contributed by atoms with Gasteiger partial charge in [-0.15, -0.1) is 0 Å². The SMILES string of the molecule is CCNC(=NCCCOCC1CCOCC1)N1CCC(C(=O)OCC)CC1. The van der Waals surface area contributed by atoms with Crippen molar-refractivity contribution in [2.45, 2.75) is 46.0 Å². The number of carbonyl (C=O) groups is 1. The van der Waals surface area contributed by atoms with Gasteiger partial charge in [-0.25, -0.2) is 0 Å². The van der Waals surface area contributed by atoms with Gasteiger partial charge >= 0.3 is 5.97 Å². The minimum atomic E-state index is -0.0548. The lowest BCUT2D eigenvalue weighted by Gasteiger charge is -2.33. The molecule has 0 saturated carbocycles. The Morgan fingerprint density at radius 2 is 1.93 bits per heavy atom. The van der Waals surface area contributed by atoms with E-state index in [1.54, 1.807) is 0 Å². The topological polar surface area (TPSA) is 72.4 Å². The van der Waals surface area contributed by atoms with E-state index in [1.807, 2.05) is 6.92 Å². The van der Waals surface area contributed by atoms with E-state index in [4.69, 9.17) is 19.2 Å². The van der Waals surface area contributed by atoms with Gasteiger partial charge in [-0.1, -0.05) is 0 Å². The van der Waals surface area contributed by atoms with E-state index in [9.17, 15) is 4.79 Å². The first-order chi connectivity index (χ1) is 13.2. The predicted octanol–water partition coefficient (Wildman–Crippen LogP) is 2.06. The molecule has 7 nitrogen and oxygen atoms in total. The molecule has 0 spiro atoms. The Bertz CT molecular complexity index is 445. The molecule has 2 aliphatic rings. The number of ether oxygens (including phenoxy) is 3. The van der Waals surface area contributed by atoms with Gasteiger partial charge in [0.05, 0.1) is 12.5 Å². The van der Waals surface area contributed by atoms with E-state index in [2.05, 4.69) is 17.1 Å². The summed E-state index contributed by atoms with van der Waals surface area (Å²) in [5, 5.41) is 3.37. The molecule has 0 aromatic rings. The van der Waals surface area contributed by atoms with Crippen molar-refractivity contribution in [1.29, 1.82) is 0 Å². The minimum Gasteiger partial charge on any atom is -0.466 e. The molecule has 2 fully saturated rings.